The molecule has 0 aliphatic carbocycles. The summed E-state index contributed by atoms with van der Waals surface area (Å²) in [4.78, 5) is 8.62. The van der Waals surface area contributed by atoms with Gasteiger partial charge in [-0.3, -0.25) is 9.88 Å². The lowest BCUT2D eigenvalue weighted by Crippen LogP contribution is -2.22. The highest BCUT2D eigenvalue weighted by Crippen LogP contribution is 2.38. The summed E-state index contributed by atoms with van der Waals surface area (Å²) >= 11 is 1.96. The van der Waals surface area contributed by atoms with Gasteiger partial charge in [-0.2, -0.15) is 0 Å². The summed E-state index contributed by atoms with van der Waals surface area (Å²) in [6, 6.07) is 15.0. The molecule has 3 heterocycles. The van der Waals surface area contributed by atoms with Crippen molar-refractivity contribution in [3.05, 3.63) is 76.9 Å². The van der Waals surface area contributed by atoms with Gasteiger partial charge < -0.3 is 0 Å². The first-order valence-corrected chi connectivity index (χ1v) is 9.43. The van der Waals surface area contributed by atoms with E-state index in [9.17, 15) is 0 Å². The molecule has 122 valence electrons. The summed E-state index contributed by atoms with van der Waals surface area (Å²) in [6.07, 6.45) is 7.55. The third-order valence-corrected chi connectivity index (χ3v) is 6.07. The summed E-state index contributed by atoms with van der Waals surface area (Å²) in [5, 5.41) is 1.40. The third kappa shape index (κ3) is 3.02. The largest absolute Gasteiger partial charge is 0.296 e. The van der Waals surface area contributed by atoms with E-state index in [0.29, 0.717) is 5.92 Å². The number of hydrogen-bond acceptors (Lipinski definition) is 3. The van der Waals surface area contributed by atoms with Crippen LogP contribution in [0.25, 0.3) is 10.1 Å². The minimum atomic E-state index is 0.328. The first-order chi connectivity index (χ1) is 11.8. The van der Waals surface area contributed by atoms with E-state index in [0.717, 1.165) is 31.7 Å². The van der Waals surface area contributed by atoms with Crippen LogP contribution >= 0.6 is 11.3 Å². The third-order valence-electron chi connectivity index (χ3n) is 4.82. The maximum Gasteiger partial charge on any atom is 0.0476 e. The van der Waals surface area contributed by atoms with E-state index in [1.54, 1.807) is 0 Å². The molecule has 0 fully saturated rings. The van der Waals surface area contributed by atoms with Crippen molar-refractivity contribution in [2.45, 2.75) is 19.3 Å². The highest BCUT2D eigenvalue weighted by atomic mass is 32.1. The lowest BCUT2D eigenvalue weighted by molar-refractivity contribution is 0.358. The zero-order chi connectivity index (χ0) is 16.4. The van der Waals surface area contributed by atoms with Gasteiger partial charge >= 0.3 is 0 Å². The second-order valence-electron chi connectivity index (χ2n) is 6.39. The van der Waals surface area contributed by atoms with Crippen molar-refractivity contribution in [1.82, 2.24) is 9.88 Å². The van der Waals surface area contributed by atoms with E-state index >= 15 is 0 Å². The van der Waals surface area contributed by atoms with Gasteiger partial charge in [-0.25, -0.2) is 0 Å². The number of rotatable bonds is 5. The molecule has 1 aliphatic rings. The van der Waals surface area contributed by atoms with E-state index in [4.69, 9.17) is 0 Å². The Morgan fingerprint density at radius 3 is 2.67 bits per heavy atom. The van der Waals surface area contributed by atoms with Gasteiger partial charge in [0.1, 0.15) is 0 Å². The monoisotopic (exact) mass is 334 g/mol. The fourth-order valence-corrected chi connectivity index (χ4v) is 4.81. The number of pyridine rings is 1. The molecule has 1 atom stereocenters. The fraction of sp³-hybridized carbons (Fsp3) is 0.286. The summed E-state index contributed by atoms with van der Waals surface area (Å²) in [5.74, 6) is 0.328. The second-order valence-corrected chi connectivity index (χ2v) is 7.53. The van der Waals surface area contributed by atoms with Gasteiger partial charge in [0, 0.05) is 47.0 Å². The van der Waals surface area contributed by atoms with E-state index in [-0.39, 0.29) is 0 Å². The second kappa shape index (κ2) is 6.88. The van der Waals surface area contributed by atoms with Crippen LogP contribution in [0, 0.1) is 0 Å². The van der Waals surface area contributed by atoms with Gasteiger partial charge in [-0.15, -0.1) is 11.3 Å². The predicted molar refractivity (Wildman–Crippen MR) is 103 cm³/mol. The van der Waals surface area contributed by atoms with Crippen LogP contribution in [0.4, 0.5) is 0 Å². The molecular weight excluding hydrogens is 312 g/mol. The Hall–Kier alpha value is -1.97. The topological polar surface area (TPSA) is 16.1 Å². The summed E-state index contributed by atoms with van der Waals surface area (Å²) in [5.41, 5.74) is 2.63. The van der Waals surface area contributed by atoms with Crippen LogP contribution in [0.3, 0.4) is 0 Å². The highest BCUT2D eigenvalue weighted by molar-refractivity contribution is 7.19. The molecule has 2 aromatic heterocycles. The molecule has 3 heteroatoms. The molecule has 3 aromatic rings. The molecule has 1 unspecified atom stereocenters. The van der Waals surface area contributed by atoms with Gasteiger partial charge in [0.15, 0.2) is 0 Å². The van der Waals surface area contributed by atoms with Gasteiger partial charge in [0.2, 0.25) is 0 Å². The molecule has 0 N–H and O–H groups in total. The van der Waals surface area contributed by atoms with Crippen molar-refractivity contribution < 1.29 is 0 Å². The van der Waals surface area contributed by atoms with Crippen LogP contribution in [0.1, 0.15) is 29.0 Å². The molecule has 24 heavy (non-hydrogen) atoms. The van der Waals surface area contributed by atoms with Crippen LogP contribution in [-0.2, 0) is 6.42 Å². The Balaban J connectivity index is 1.69. The van der Waals surface area contributed by atoms with Crippen molar-refractivity contribution in [3.8, 4) is 0 Å². The zero-order valence-electron chi connectivity index (χ0n) is 14.0. The molecule has 0 bridgehead atoms. The van der Waals surface area contributed by atoms with Gasteiger partial charge in [0.05, 0.1) is 0 Å². The number of thiophene rings is 1. The van der Waals surface area contributed by atoms with Crippen molar-refractivity contribution >= 4 is 21.4 Å². The average molecular weight is 334 g/mol. The Morgan fingerprint density at radius 1 is 1.08 bits per heavy atom. The standard InChI is InChI=1S/C21H22N2S/c1-16(18-9-4-5-12-22-18)21-17-8-2-3-10-19(17)24-20(21)11-15-23-13-6-7-14-23/h2-10,12,16H,11,13-15H2,1H3. The predicted octanol–water partition coefficient (Wildman–Crippen LogP) is 4.86. The number of aromatic nitrogens is 1. The summed E-state index contributed by atoms with van der Waals surface area (Å²) in [6.45, 7) is 5.60. The number of nitrogens with zero attached hydrogens (tertiary/aromatic N) is 2. The Bertz CT molecular complexity index is 843. The Kier molecular flexibility index (Phi) is 4.46. The van der Waals surface area contributed by atoms with E-state index in [1.165, 1.54) is 20.5 Å². The van der Waals surface area contributed by atoms with Crippen LogP contribution in [0.5, 0.6) is 0 Å². The van der Waals surface area contributed by atoms with Crippen LogP contribution in [0.15, 0.2) is 60.8 Å². The Labute approximate surface area is 147 Å². The van der Waals surface area contributed by atoms with Crippen LogP contribution in [-0.4, -0.2) is 29.5 Å². The SMILES string of the molecule is CC(c1ccccn1)c1c(CCN2CC=CC2)sc2ccccc12. The van der Waals surface area contributed by atoms with Crippen molar-refractivity contribution in [2.24, 2.45) is 0 Å². The fourth-order valence-electron chi connectivity index (χ4n) is 3.52. The van der Waals surface area contributed by atoms with Gasteiger partial charge in [-0.1, -0.05) is 43.3 Å². The number of hydrogen-bond donors (Lipinski definition) is 0. The molecule has 0 spiro atoms. The maximum atomic E-state index is 4.60. The summed E-state index contributed by atoms with van der Waals surface area (Å²) < 4.78 is 1.39. The van der Waals surface area contributed by atoms with Gasteiger partial charge in [-0.05, 0) is 35.6 Å². The van der Waals surface area contributed by atoms with E-state index < -0.39 is 0 Å². The normalized spacial score (nSPS) is 16.0. The Morgan fingerprint density at radius 2 is 1.88 bits per heavy atom. The molecular formula is C21H22N2S. The van der Waals surface area contributed by atoms with Crippen LogP contribution in [0.2, 0.25) is 0 Å². The maximum absolute atomic E-state index is 4.60. The molecule has 0 amide bonds. The quantitative estimate of drug-likeness (QED) is 0.619. The molecule has 1 aliphatic heterocycles. The van der Waals surface area contributed by atoms with Crippen molar-refractivity contribution in [2.75, 3.05) is 19.6 Å². The average Bonchev–Trinajstić information content (AvgIpc) is 3.27. The van der Waals surface area contributed by atoms with Crippen LogP contribution < -0.4 is 0 Å². The molecule has 2 nitrogen and oxygen atoms in total. The minimum Gasteiger partial charge on any atom is -0.296 e. The van der Waals surface area contributed by atoms with Gasteiger partial charge in [0.25, 0.3) is 0 Å². The van der Waals surface area contributed by atoms with E-state index in [1.807, 2.05) is 23.6 Å². The molecule has 1 aromatic carbocycles. The lowest BCUT2D eigenvalue weighted by Gasteiger charge is -2.17. The molecule has 0 radical (unpaired) electrons. The van der Waals surface area contributed by atoms with E-state index in [2.05, 4.69) is 65.4 Å². The van der Waals surface area contributed by atoms with Crippen molar-refractivity contribution in [1.29, 1.82) is 0 Å². The smallest absolute Gasteiger partial charge is 0.0476 e. The first kappa shape index (κ1) is 15.6. The molecule has 0 saturated carbocycles. The minimum absolute atomic E-state index is 0.328. The number of fused-ring (bicyclic) bond motifs is 1. The zero-order valence-corrected chi connectivity index (χ0v) is 14.8. The first-order valence-electron chi connectivity index (χ1n) is 8.61. The number of benzene rings is 1. The van der Waals surface area contributed by atoms with Crippen molar-refractivity contribution in [3.63, 3.8) is 0 Å². The molecule has 0 saturated heterocycles. The highest BCUT2D eigenvalue weighted by Gasteiger charge is 2.20. The lowest BCUT2D eigenvalue weighted by atomic mass is 9.93. The summed E-state index contributed by atoms with van der Waals surface area (Å²) in [7, 11) is 0. The molecule has 4 rings (SSSR count).